The van der Waals surface area contributed by atoms with Crippen molar-refractivity contribution in [1.29, 1.82) is 0 Å². The fourth-order valence-corrected chi connectivity index (χ4v) is 7.10. The summed E-state index contributed by atoms with van der Waals surface area (Å²) in [5.74, 6) is 0.833. The minimum absolute atomic E-state index is 0.00565. The Morgan fingerprint density at radius 3 is 1.59 bits per heavy atom. The predicted molar refractivity (Wildman–Crippen MR) is 171 cm³/mol. The first-order valence-electron chi connectivity index (χ1n) is 14.8. The number of thioether (sulfide) groups is 1. The van der Waals surface area contributed by atoms with E-state index in [2.05, 4.69) is 119 Å². The molecular formula is C35H55NO2S. The van der Waals surface area contributed by atoms with Crippen molar-refractivity contribution in [2.45, 2.75) is 147 Å². The molecule has 0 bridgehead atoms. The largest absolute Gasteiger partial charge is 0.506 e. The molecule has 0 amide bonds. The summed E-state index contributed by atoms with van der Waals surface area (Å²) in [7, 11) is 2.16. The van der Waals surface area contributed by atoms with Gasteiger partial charge >= 0.3 is 0 Å². The van der Waals surface area contributed by atoms with E-state index in [1.807, 2.05) is 11.8 Å². The van der Waals surface area contributed by atoms with Gasteiger partial charge in [0.25, 0.3) is 0 Å². The van der Waals surface area contributed by atoms with Crippen molar-refractivity contribution < 1.29 is 10.2 Å². The lowest BCUT2D eigenvalue weighted by Crippen LogP contribution is -2.42. The van der Waals surface area contributed by atoms with Gasteiger partial charge in [-0.15, -0.1) is 11.8 Å². The van der Waals surface area contributed by atoms with Gasteiger partial charge in [-0.3, -0.25) is 0 Å². The molecule has 2 aromatic carbocycles. The molecule has 0 saturated heterocycles. The highest BCUT2D eigenvalue weighted by Gasteiger charge is 2.34. The molecule has 39 heavy (non-hydrogen) atoms. The number of phenolic OH excluding ortho intramolecular Hbond substituents is 2. The summed E-state index contributed by atoms with van der Waals surface area (Å²) in [4.78, 5) is 3.33. The molecule has 4 heteroatoms. The Bertz CT molecular complexity index is 1170. The first-order chi connectivity index (χ1) is 17.6. The van der Waals surface area contributed by atoms with Gasteiger partial charge < -0.3 is 15.1 Å². The van der Waals surface area contributed by atoms with E-state index in [1.54, 1.807) is 0 Å². The lowest BCUT2D eigenvalue weighted by atomic mass is 9.79. The number of anilines is 1. The maximum absolute atomic E-state index is 11.6. The van der Waals surface area contributed by atoms with Gasteiger partial charge in [0, 0.05) is 29.5 Å². The zero-order valence-corrected chi connectivity index (χ0v) is 27.9. The van der Waals surface area contributed by atoms with E-state index in [4.69, 9.17) is 0 Å². The van der Waals surface area contributed by atoms with Crippen LogP contribution in [-0.2, 0) is 21.7 Å². The van der Waals surface area contributed by atoms with Crippen LogP contribution in [0.4, 0.5) is 5.69 Å². The van der Waals surface area contributed by atoms with Crippen LogP contribution in [0.15, 0.2) is 29.2 Å². The van der Waals surface area contributed by atoms with Crippen LogP contribution < -0.4 is 4.90 Å². The Kier molecular flexibility index (Phi) is 8.84. The molecule has 0 radical (unpaired) electrons. The van der Waals surface area contributed by atoms with Gasteiger partial charge in [0.2, 0.25) is 0 Å². The molecule has 218 valence electrons. The number of benzene rings is 2. The van der Waals surface area contributed by atoms with Crippen molar-refractivity contribution in [3.8, 4) is 11.5 Å². The van der Waals surface area contributed by atoms with E-state index in [9.17, 15) is 10.2 Å². The van der Waals surface area contributed by atoms with Crippen molar-refractivity contribution in [1.82, 2.24) is 0 Å². The number of hydrogen-bond donors (Lipinski definition) is 2. The summed E-state index contributed by atoms with van der Waals surface area (Å²) in [5.41, 5.74) is 5.12. The van der Waals surface area contributed by atoms with E-state index in [0.717, 1.165) is 34.6 Å². The van der Waals surface area contributed by atoms with Gasteiger partial charge in [-0.05, 0) is 57.8 Å². The normalized spacial score (nSPS) is 19.3. The van der Waals surface area contributed by atoms with Crippen molar-refractivity contribution in [3.63, 3.8) is 0 Å². The second kappa shape index (κ2) is 10.9. The minimum Gasteiger partial charge on any atom is -0.506 e. The van der Waals surface area contributed by atoms with Crippen LogP contribution in [0.1, 0.15) is 131 Å². The fourth-order valence-electron chi connectivity index (χ4n) is 5.59. The zero-order chi connectivity index (χ0) is 29.7. The number of hydrogen-bond acceptors (Lipinski definition) is 4. The second-order valence-corrected chi connectivity index (χ2v) is 17.2. The lowest BCUT2D eigenvalue weighted by Gasteiger charge is -2.40. The Balaban J connectivity index is 2.09. The molecule has 2 N–H and O–H groups in total. The highest BCUT2D eigenvalue weighted by Crippen LogP contribution is 2.48. The first kappa shape index (κ1) is 31.7. The maximum atomic E-state index is 11.6. The Morgan fingerprint density at radius 2 is 1.10 bits per heavy atom. The molecule has 0 spiro atoms. The molecule has 1 aliphatic rings. The van der Waals surface area contributed by atoms with Gasteiger partial charge in [0.15, 0.2) is 0 Å². The molecule has 3 nitrogen and oxygen atoms in total. The number of rotatable bonds is 4. The van der Waals surface area contributed by atoms with Crippen molar-refractivity contribution in [2.75, 3.05) is 11.9 Å². The predicted octanol–water partition coefficient (Wildman–Crippen LogP) is 9.83. The monoisotopic (exact) mass is 553 g/mol. The summed E-state index contributed by atoms with van der Waals surface area (Å²) >= 11 is 1.83. The summed E-state index contributed by atoms with van der Waals surface area (Å²) < 4.78 is 0. The van der Waals surface area contributed by atoms with Gasteiger partial charge in [0.1, 0.15) is 11.5 Å². The van der Waals surface area contributed by atoms with E-state index in [0.29, 0.717) is 16.7 Å². The molecule has 0 heterocycles. The molecule has 1 aliphatic carbocycles. The summed E-state index contributed by atoms with van der Waals surface area (Å²) in [6.45, 7) is 26.5. The average Bonchev–Trinajstić information content (AvgIpc) is 2.77. The number of aromatic hydroxyl groups is 2. The quantitative estimate of drug-likeness (QED) is 0.395. The van der Waals surface area contributed by atoms with E-state index in [1.165, 1.54) is 24.0 Å². The fraction of sp³-hybridized carbons (Fsp3) is 0.657. The highest BCUT2D eigenvalue weighted by atomic mass is 32.2. The van der Waals surface area contributed by atoms with Gasteiger partial charge in [0.05, 0.1) is 10.6 Å². The van der Waals surface area contributed by atoms with Gasteiger partial charge in [-0.2, -0.15) is 0 Å². The van der Waals surface area contributed by atoms with E-state index < -0.39 is 0 Å². The van der Waals surface area contributed by atoms with Crippen molar-refractivity contribution in [3.05, 3.63) is 46.5 Å². The van der Waals surface area contributed by atoms with E-state index in [-0.39, 0.29) is 27.7 Å². The molecule has 3 rings (SSSR count). The van der Waals surface area contributed by atoms with Crippen molar-refractivity contribution in [2.24, 2.45) is 0 Å². The molecule has 1 fully saturated rings. The third-order valence-corrected chi connectivity index (χ3v) is 9.75. The smallest absolute Gasteiger partial charge is 0.142 e. The Labute approximate surface area is 243 Å². The summed E-state index contributed by atoms with van der Waals surface area (Å²) in [5, 5.41) is 23.4. The molecule has 0 aromatic heterocycles. The first-order valence-corrected chi connectivity index (χ1v) is 15.7. The van der Waals surface area contributed by atoms with Crippen LogP contribution in [0.5, 0.6) is 11.5 Å². The third kappa shape index (κ3) is 7.10. The molecule has 0 unspecified atom stereocenters. The van der Waals surface area contributed by atoms with Crippen LogP contribution in [0.2, 0.25) is 0 Å². The molecule has 2 aromatic rings. The van der Waals surface area contributed by atoms with Crippen molar-refractivity contribution >= 4 is 17.4 Å². The van der Waals surface area contributed by atoms with Crippen LogP contribution in [0, 0.1) is 0 Å². The van der Waals surface area contributed by atoms with Crippen LogP contribution in [0.3, 0.4) is 0 Å². The average molecular weight is 554 g/mol. The highest BCUT2D eigenvalue weighted by molar-refractivity contribution is 8.00. The van der Waals surface area contributed by atoms with E-state index >= 15 is 0 Å². The van der Waals surface area contributed by atoms with Crippen LogP contribution in [-0.4, -0.2) is 28.6 Å². The number of nitrogens with zero attached hydrogens (tertiary/aromatic N) is 1. The lowest BCUT2D eigenvalue weighted by molar-refractivity contribution is 0.418. The molecule has 2 atom stereocenters. The Hall–Kier alpha value is -1.81. The topological polar surface area (TPSA) is 43.7 Å². The Morgan fingerprint density at radius 1 is 0.641 bits per heavy atom. The zero-order valence-electron chi connectivity index (χ0n) is 27.0. The van der Waals surface area contributed by atoms with Gasteiger partial charge in [-0.1, -0.05) is 108 Å². The van der Waals surface area contributed by atoms with Gasteiger partial charge in [-0.25, -0.2) is 0 Å². The maximum Gasteiger partial charge on any atom is 0.142 e. The van der Waals surface area contributed by atoms with Crippen LogP contribution in [0.25, 0.3) is 0 Å². The summed E-state index contributed by atoms with van der Waals surface area (Å²) in [6, 6.07) is 9.08. The third-order valence-electron chi connectivity index (χ3n) is 8.34. The summed E-state index contributed by atoms with van der Waals surface area (Å²) in [6.07, 6.45) is 4.54. The second-order valence-electron chi connectivity index (χ2n) is 15.9. The SMILES string of the molecule is CN(c1cc(C(C)(C)C)cc(C(C)(C)C)c1O)[C@H]1CCCC[C@@H]1Sc1cc(C(C)(C)C)cc(C(C)(C)C)c1O. The molecular weight excluding hydrogens is 498 g/mol. The molecule has 1 saturated carbocycles. The minimum atomic E-state index is -0.163. The standard InChI is InChI=1S/C35H55NO2S/c1-32(2,3)22-18-24(34(7,8)9)30(37)27(20-22)36(13)26-16-14-15-17-28(26)39-29-21-23(33(4,5)6)19-25(31(29)38)35(10,11)12/h18-21,26,28,37-38H,14-17H2,1-13H3/t26-,28-/m0/s1. The molecule has 0 aliphatic heterocycles. The van der Waals surface area contributed by atoms with Crippen LogP contribution >= 0.6 is 11.8 Å². The number of phenols is 2.